The van der Waals surface area contributed by atoms with Gasteiger partial charge in [0.25, 0.3) is 0 Å². The highest BCUT2D eigenvalue weighted by Gasteiger charge is 2.29. The van der Waals surface area contributed by atoms with E-state index in [0.29, 0.717) is 12.3 Å². The zero-order valence-corrected chi connectivity index (χ0v) is 17.0. The van der Waals surface area contributed by atoms with Gasteiger partial charge in [-0.2, -0.15) is 0 Å². The number of rotatable bonds is 4. The maximum atomic E-state index is 12.6. The van der Waals surface area contributed by atoms with Gasteiger partial charge in [0.2, 0.25) is 5.91 Å². The molecule has 2 heterocycles. The summed E-state index contributed by atoms with van der Waals surface area (Å²) in [6, 6.07) is 0.260. The van der Waals surface area contributed by atoms with E-state index in [1.54, 1.807) is 11.3 Å². The van der Waals surface area contributed by atoms with E-state index in [2.05, 4.69) is 17.2 Å². The van der Waals surface area contributed by atoms with Gasteiger partial charge in [0.15, 0.2) is 0 Å². The fourth-order valence-electron chi connectivity index (χ4n) is 3.74. The van der Waals surface area contributed by atoms with E-state index >= 15 is 0 Å². The summed E-state index contributed by atoms with van der Waals surface area (Å²) in [5, 5.41) is 4.52. The molecule has 1 aromatic heterocycles. The van der Waals surface area contributed by atoms with Gasteiger partial charge in [0.1, 0.15) is 0 Å². The van der Waals surface area contributed by atoms with Gasteiger partial charge < -0.3 is 10.2 Å². The summed E-state index contributed by atoms with van der Waals surface area (Å²) < 4.78 is 0. The molecule has 0 spiro atoms. The molecule has 0 saturated carbocycles. The second-order valence-corrected chi connectivity index (χ2v) is 7.92. The third-order valence-corrected chi connectivity index (χ3v) is 6.23. The topological polar surface area (TPSA) is 45.2 Å². The van der Waals surface area contributed by atoms with Crippen molar-refractivity contribution in [2.24, 2.45) is 5.92 Å². The Morgan fingerprint density at radius 2 is 2.00 bits per heavy atom. The number of carbonyl (C=O) groups excluding carboxylic acids is 1. The average Bonchev–Trinajstić information content (AvgIpc) is 2.93. The first kappa shape index (κ1) is 21.7. The molecule has 1 aliphatic heterocycles. The van der Waals surface area contributed by atoms with Crippen molar-refractivity contribution >= 4 is 42.1 Å². The quantitative estimate of drug-likeness (QED) is 0.842. The number of carbonyl (C=O) groups is 1. The molecule has 1 fully saturated rings. The largest absolute Gasteiger partial charge is 0.338 e. The molecular formula is C17H29Cl2N3OS. The fourth-order valence-corrected chi connectivity index (χ4v) is 4.89. The zero-order chi connectivity index (χ0) is 15.5. The van der Waals surface area contributed by atoms with Crippen LogP contribution < -0.4 is 5.32 Å². The molecule has 1 N–H and O–H groups in total. The maximum Gasteiger partial charge on any atom is 0.222 e. The van der Waals surface area contributed by atoms with Gasteiger partial charge in [0.05, 0.1) is 21.6 Å². The Hall–Kier alpha value is -0.360. The van der Waals surface area contributed by atoms with Crippen molar-refractivity contribution in [3.05, 3.63) is 15.6 Å². The highest BCUT2D eigenvalue weighted by atomic mass is 35.5. The number of amides is 1. The number of piperidine rings is 1. The first-order valence-corrected chi connectivity index (χ1v) is 9.39. The van der Waals surface area contributed by atoms with Crippen LogP contribution in [0.5, 0.6) is 0 Å². The third kappa shape index (κ3) is 5.07. The summed E-state index contributed by atoms with van der Waals surface area (Å²) in [5.41, 5.74) is 1.23. The van der Waals surface area contributed by atoms with Crippen molar-refractivity contribution in [1.82, 2.24) is 15.2 Å². The number of hydrogen-bond acceptors (Lipinski definition) is 4. The van der Waals surface area contributed by atoms with E-state index < -0.39 is 0 Å². The van der Waals surface area contributed by atoms with Crippen LogP contribution in [0.3, 0.4) is 0 Å². The van der Waals surface area contributed by atoms with E-state index in [1.165, 1.54) is 23.4 Å². The molecule has 1 amide bonds. The van der Waals surface area contributed by atoms with Crippen LogP contribution >= 0.6 is 36.2 Å². The monoisotopic (exact) mass is 393 g/mol. The Morgan fingerprint density at radius 3 is 2.71 bits per heavy atom. The van der Waals surface area contributed by atoms with E-state index in [1.807, 2.05) is 11.9 Å². The number of nitrogens with one attached hydrogen (secondary N) is 1. The number of thiazole rings is 1. The highest BCUT2D eigenvalue weighted by molar-refractivity contribution is 7.11. The van der Waals surface area contributed by atoms with Crippen molar-refractivity contribution in [3.63, 3.8) is 0 Å². The minimum Gasteiger partial charge on any atom is -0.338 e. The molecule has 2 aliphatic rings. The Labute approximate surface area is 161 Å². The normalized spacial score (nSPS) is 20.5. The molecular weight excluding hydrogens is 365 g/mol. The van der Waals surface area contributed by atoms with E-state index in [9.17, 15) is 4.79 Å². The average molecular weight is 394 g/mol. The number of aromatic nitrogens is 1. The zero-order valence-electron chi connectivity index (χ0n) is 14.5. The predicted octanol–water partition coefficient (Wildman–Crippen LogP) is 3.91. The summed E-state index contributed by atoms with van der Waals surface area (Å²) in [6.45, 7) is 4.29. The highest BCUT2D eigenvalue weighted by Crippen LogP contribution is 2.37. The van der Waals surface area contributed by atoms with Crippen LogP contribution in [-0.2, 0) is 11.2 Å². The van der Waals surface area contributed by atoms with Gasteiger partial charge in [-0.05, 0) is 64.5 Å². The number of aryl methyl sites for hydroxylation is 2. The van der Waals surface area contributed by atoms with Gasteiger partial charge in [-0.15, -0.1) is 36.2 Å². The molecule has 1 aliphatic carbocycles. The van der Waals surface area contributed by atoms with Gasteiger partial charge in [-0.1, -0.05) is 0 Å². The predicted molar refractivity (Wildman–Crippen MR) is 105 cm³/mol. The van der Waals surface area contributed by atoms with Crippen molar-refractivity contribution in [1.29, 1.82) is 0 Å². The molecule has 7 heteroatoms. The van der Waals surface area contributed by atoms with Crippen molar-refractivity contribution in [2.45, 2.75) is 57.9 Å². The summed E-state index contributed by atoms with van der Waals surface area (Å²) in [5.74, 6) is 1.04. The Kier molecular flexibility index (Phi) is 8.99. The van der Waals surface area contributed by atoms with Crippen molar-refractivity contribution in [2.75, 3.05) is 20.1 Å². The lowest BCUT2D eigenvalue weighted by molar-refractivity contribution is -0.132. The number of nitrogens with zero attached hydrogens (tertiary/aromatic N) is 2. The molecule has 0 radical (unpaired) electrons. The maximum absolute atomic E-state index is 12.6. The number of hydrogen-bond donors (Lipinski definition) is 1. The second kappa shape index (κ2) is 9.95. The molecule has 0 bridgehead atoms. The lowest BCUT2D eigenvalue weighted by Gasteiger charge is -2.31. The van der Waals surface area contributed by atoms with E-state index in [0.717, 1.165) is 49.7 Å². The number of halogens is 2. The molecule has 3 rings (SSSR count). The van der Waals surface area contributed by atoms with Crippen molar-refractivity contribution < 1.29 is 4.79 Å². The standard InChI is InChI=1S/C17H27N3OS.2ClH/c1-12-19-14-4-3-5-15(17(14)22-12)20(2)16(21)7-6-13-8-10-18-11-9-13;;/h13,15,18H,3-11H2,1-2H3;2*1H. The summed E-state index contributed by atoms with van der Waals surface area (Å²) in [6.07, 6.45) is 7.50. The summed E-state index contributed by atoms with van der Waals surface area (Å²) in [4.78, 5) is 20.6. The lowest BCUT2D eigenvalue weighted by Crippen LogP contribution is -2.33. The van der Waals surface area contributed by atoms with Crippen LogP contribution in [0.2, 0.25) is 0 Å². The molecule has 1 saturated heterocycles. The molecule has 1 unspecified atom stereocenters. The molecule has 1 aromatic rings. The number of fused-ring (bicyclic) bond motifs is 1. The Morgan fingerprint density at radius 1 is 1.29 bits per heavy atom. The van der Waals surface area contributed by atoms with Crippen LogP contribution in [0.15, 0.2) is 0 Å². The van der Waals surface area contributed by atoms with Crippen LogP contribution in [0, 0.1) is 12.8 Å². The SMILES string of the molecule is Cc1nc2c(s1)C(N(C)C(=O)CCC1CCNCC1)CCC2.Cl.Cl. The molecule has 138 valence electrons. The minimum absolute atomic E-state index is 0. The minimum atomic E-state index is 0. The second-order valence-electron chi connectivity index (χ2n) is 6.69. The Bertz CT molecular complexity index is 532. The van der Waals surface area contributed by atoms with E-state index in [-0.39, 0.29) is 30.9 Å². The Balaban J connectivity index is 0.00000144. The van der Waals surface area contributed by atoms with E-state index in [4.69, 9.17) is 0 Å². The summed E-state index contributed by atoms with van der Waals surface area (Å²) >= 11 is 1.78. The first-order valence-electron chi connectivity index (χ1n) is 8.57. The third-order valence-electron chi connectivity index (χ3n) is 5.11. The molecule has 4 nitrogen and oxygen atoms in total. The van der Waals surface area contributed by atoms with Crippen LogP contribution in [0.25, 0.3) is 0 Å². The smallest absolute Gasteiger partial charge is 0.222 e. The van der Waals surface area contributed by atoms with Gasteiger partial charge >= 0.3 is 0 Å². The van der Waals surface area contributed by atoms with Crippen LogP contribution in [0.1, 0.15) is 60.1 Å². The lowest BCUT2D eigenvalue weighted by atomic mass is 9.92. The fraction of sp³-hybridized carbons (Fsp3) is 0.765. The summed E-state index contributed by atoms with van der Waals surface area (Å²) in [7, 11) is 1.99. The van der Waals surface area contributed by atoms with Crippen molar-refractivity contribution in [3.8, 4) is 0 Å². The van der Waals surface area contributed by atoms with Gasteiger partial charge in [0, 0.05) is 13.5 Å². The van der Waals surface area contributed by atoms with Gasteiger partial charge in [-0.25, -0.2) is 4.98 Å². The molecule has 1 atom stereocenters. The van der Waals surface area contributed by atoms with Crippen LogP contribution in [-0.4, -0.2) is 35.9 Å². The molecule has 24 heavy (non-hydrogen) atoms. The van der Waals surface area contributed by atoms with Gasteiger partial charge in [-0.3, -0.25) is 4.79 Å². The van der Waals surface area contributed by atoms with Crippen LogP contribution in [0.4, 0.5) is 0 Å². The first-order chi connectivity index (χ1) is 10.6. The molecule has 0 aromatic carbocycles.